The number of rotatable bonds is 9. The average Bonchev–Trinajstić information content (AvgIpc) is 3.39. The molecule has 0 spiro atoms. The third-order valence-electron chi connectivity index (χ3n) is 9.83. The van der Waals surface area contributed by atoms with Crippen LogP contribution in [0.3, 0.4) is 0 Å². The summed E-state index contributed by atoms with van der Waals surface area (Å²) in [5.74, 6) is -0.946. The minimum atomic E-state index is -1.05. The first-order chi connectivity index (χ1) is 22.3. The van der Waals surface area contributed by atoms with Gasteiger partial charge in [-0.1, -0.05) is 52.2 Å². The Balaban J connectivity index is 1.63. The number of pyridine rings is 2. The number of aromatic nitrogens is 2. The first kappa shape index (κ1) is 34.3. The van der Waals surface area contributed by atoms with E-state index in [2.05, 4.69) is 15.3 Å². The molecule has 1 amide bonds. The Morgan fingerprint density at radius 2 is 1.83 bits per heavy atom. The number of nitrogens with one attached hydrogen (secondary N) is 1. The average molecular weight is 646 g/mol. The molecule has 2 N–H and O–H groups in total. The second-order valence-electron chi connectivity index (χ2n) is 14.3. The van der Waals surface area contributed by atoms with Gasteiger partial charge in [0.2, 0.25) is 11.8 Å². The number of carboxylic acid groups (broad SMARTS) is 1. The van der Waals surface area contributed by atoms with Crippen LogP contribution in [-0.4, -0.2) is 65.1 Å². The van der Waals surface area contributed by atoms with Crippen molar-refractivity contribution in [3.05, 3.63) is 71.3 Å². The van der Waals surface area contributed by atoms with E-state index in [9.17, 15) is 19.1 Å². The number of carboxylic acids is 1. The third-order valence-corrected chi connectivity index (χ3v) is 9.83. The van der Waals surface area contributed by atoms with Crippen LogP contribution in [0.4, 0.5) is 10.2 Å². The summed E-state index contributed by atoms with van der Waals surface area (Å²) in [7, 11) is 5.38. The van der Waals surface area contributed by atoms with E-state index in [1.165, 1.54) is 12.1 Å². The Kier molecular flexibility index (Phi) is 10.2. The van der Waals surface area contributed by atoms with E-state index in [1.54, 1.807) is 30.5 Å². The number of aliphatic carboxylic acids is 1. The van der Waals surface area contributed by atoms with Crippen molar-refractivity contribution in [2.24, 2.45) is 17.3 Å². The highest BCUT2D eigenvalue weighted by molar-refractivity contribution is 5.87. The highest BCUT2D eigenvalue weighted by Crippen LogP contribution is 2.50. The molecule has 1 aliphatic carbocycles. The fraction of sp³-hybridized carbons (Fsp3) is 0.514. The normalized spacial score (nSPS) is 21.9. The van der Waals surface area contributed by atoms with Crippen molar-refractivity contribution in [3.8, 4) is 17.0 Å². The number of ether oxygens (including phenoxy) is 1. The molecule has 47 heavy (non-hydrogen) atoms. The lowest BCUT2D eigenvalue weighted by molar-refractivity contribution is -0.154. The highest BCUT2D eigenvalue weighted by atomic mass is 19.1. The molecule has 1 saturated carbocycles. The van der Waals surface area contributed by atoms with Crippen LogP contribution in [0.5, 0.6) is 5.88 Å². The van der Waals surface area contributed by atoms with Crippen LogP contribution in [0.25, 0.3) is 11.1 Å². The van der Waals surface area contributed by atoms with Gasteiger partial charge in [-0.25, -0.2) is 19.2 Å². The predicted molar refractivity (Wildman–Crippen MR) is 181 cm³/mol. The summed E-state index contributed by atoms with van der Waals surface area (Å²) in [6, 6.07) is 8.37. The second-order valence-corrected chi connectivity index (χ2v) is 14.3. The number of amides is 1. The molecule has 3 heterocycles. The van der Waals surface area contributed by atoms with Crippen LogP contribution >= 0.6 is 0 Å². The second kappa shape index (κ2) is 14.0. The van der Waals surface area contributed by atoms with Crippen LogP contribution in [0.2, 0.25) is 0 Å². The van der Waals surface area contributed by atoms with E-state index in [4.69, 9.17) is 4.74 Å². The van der Waals surface area contributed by atoms with Crippen molar-refractivity contribution in [2.75, 3.05) is 26.1 Å². The Morgan fingerprint density at radius 3 is 2.45 bits per heavy atom. The van der Waals surface area contributed by atoms with E-state index in [0.29, 0.717) is 18.2 Å². The molecule has 1 aromatic carbocycles. The van der Waals surface area contributed by atoms with E-state index in [1.807, 2.05) is 64.9 Å². The smallest absolute Gasteiger partial charge is 0.326 e. The summed E-state index contributed by atoms with van der Waals surface area (Å²) in [6.45, 7) is 8.30. The molecular weight excluding hydrogens is 597 g/mol. The molecule has 2 aromatic heterocycles. The number of methoxy groups -OCH3 is 1. The minimum absolute atomic E-state index is 0.0951. The molecule has 10 heteroatoms. The van der Waals surface area contributed by atoms with Gasteiger partial charge in [-0.2, -0.15) is 0 Å². The number of anilines is 1. The number of nitrogens with zero attached hydrogens (tertiary/aromatic N) is 4. The van der Waals surface area contributed by atoms with Gasteiger partial charge in [-0.05, 0) is 60.6 Å². The number of hydrogen-bond donors (Lipinski definition) is 2. The molecule has 9 nitrogen and oxygen atoms in total. The highest BCUT2D eigenvalue weighted by Gasteiger charge is 2.59. The van der Waals surface area contributed by atoms with Crippen LogP contribution in [0.1, 0.15) is 75.6 Å². The fourth-order valence-corrected chi connectivity index (χ4v) is 7.76. The SMILES string of the molecule is COc1ncc(-c2ccc(F)cc2C)cc1CN[C@H]1[C@H](C(C)(C)C)[C@@H](C(=O)O)N(C(=O)C2CCCCC2)[C@H]1c1cccnc1N(C)C. The molecule has 5 rings (SSSR count). The Morgan fingerprint density at radius 1 is 1.11 bits per heavy atom. The van der Waals surface area contributed by atoms with Gasteiger partial charge >= 0.3 is 5.97 Å². The first-order valence-electron chi connectivity index (χ1n) is 16.5. The summed E-state index contributed by atoms with van der Waals surface area (Å²) in [5.41, 5.74) is 3.54. The molecule has 0 bridgehead atoms. The van der Waals surface area contributed by atoms with Gasteiger partial charge in [0.25, 0.3) is 0 Å². The van der Waals surface area contributed by atoms with Crippen molar-refractivity contribution < 1.29 is 23.8 Å². The molecule has 3 aromatic rings. The third kappa shape index (κ3) is 6.98. The number of carbonyl (C=O) groups is 2. The van der Waals surface area contributed by atoms with E-state index in [-0.39, 0.29) is 17.6 Å². The topological polar surface area (TPSA) is 108 Å². The van der Waals surface area contributed by atoms with Crippen LogP contribution in [-0.2, 0) is 16.1 Å². The number of carbonyl (C=O) groups excluding carboxylic acids is 1. The maximum atomic E-state index is 14.6. The maximum Gasteiger partial charge on any atom is 0.326 e. The molecule has 252 valence electrons. The zero-order valence-electron chi connectivity index (χ0n) is 28.6. The van der Waals surface area contributed by atoms with Gasteiger partial charge in [0.1, 0.15) is 17.7 Å². The van der Waals surface area contributed by atoms with Crippen LogP contribution in [0.15, 0.2) is 48.8 Å². The molecule has 1 aliphatic heterocycles. The molecule has 0 unspecified atom stereocenters. The van der Waals surface area contributed by atoms with E-state index >= 15 is 0 Å². The van der Waals surface area contributed by atoms with E-state index < -0.39 is 35.4 Å². The van der Waals surface area contributed by atoms with Gasteiger partial charge in [-0.3, -0.25) is 4.79 Å². The number of halogens is 1. The van der Waals surface area contributed by atoms with Gasteiger partial charge < -0.3 is 25.0 Å². The largest absolute Gasteiger partial charge is 0.481 e. The lowest BCUT2D eigenvalue weighted by Gasteiger charge is -2.36. The number of benzene rings is 1. The molecule has 2 fully saturated rings. The Labute approximate surface area is 277 Å². The predicted octanol–water partition coefficient (Wildman–Crippen LogP) is 6.40. The maximum absolute atomic E-state index is 14.6. The summed E-state index contributed by atoms with van der Waals surface area (Å²) in [6.07, 6.45) is 7.97. The Hall–Kier alpha value is -4.05. The fourth-order valence-electron chi connectivity index (χ4n) is 7.76. The van der Waals surface area contributed by atoms with Gasteiger partial charge in [0.05, 0.1) is 13.2 Å². The van der Waals surface area contributed by atoms with Crippen LogP contribution in [0, 0.1) is 30.0 Å². The Bertz CT molecular complexity index is 1600. The molecule has 0 radical (unpaired) electrons. The summed E-state index contributed by atoms with van der Waals surface area (Å²) in [5, 5.41) is 14.6. The van der Waals surface area contributed by atoms with Crippen molar-refractivity contribution >= 4 is 17.7 Å². The van der Waals surface area contributed by atoms with Crippen molar-refractivity contribution in [2.45, 2.75) is 84.5 Å². The van der Waals surface area contributed by atoms with Crippen molar-refractivity contribution in [1.29, 1.82) is 0 Å². The lowest BCUT2D eigenvalue weighted by atomic mass is 9.72. The molecule has 2 aliphatic rings. The minimum Gasteiger partial charge on any atom is -0.481 e. The molecule has 4 atom stereocenters. The van der Waals surface area contributed by atoms with Crippen LogP contribution < -0.4 is 15.0 Å². The first-order valence-corrected chi connectivity index (χ1v) is 16.5. The summed E-state index contributed by atoms with van der Waals surface area (Å²) < 4.78 is 19.6. The molecular formula is C37H48FN5O4. The van der Waals surface area contributed by atoms with E-state index in [0.717, 1.165) is 59.9 Å². The standard InChI is InChI=1S/C37H48FN5O4/c1-22-18-26(38)15-16-27(22)24-19-25(34(47-7)41-20-24)21-40-30-29(37(2,3)4)32(36(45)46)43(35(44)23-12-9-8-10-13-23)31(30)28-14-11-17-39-33(28)42(5)6/h11,14-20,23,29-32,40H,8-10,12-13,21H2,1-7H3,(H,45,46)/t29-,30-,31-,32-/m0/s1. The molecule has 1 saturated heterocycles. The quantitative estimate of drug-likeness (QED) is 0.275. The number of aryl methyl sites for hydroxylation is 1. The van der Waals surface area contributed by atoms with Gasteiger partial charge in [0.15, 0.2) is 0 Å². The number of hydrogen-bond acceptors (Lipinski definition) is 7. The van der Waals surface area contributed by atoms with Gasteiger partial charge in [-0.15, -0.1) is 0 Å². The van der Waals surface area contributed by atoms with Crippen molar-refractivity contribution in [1.82, 2.24) is 20.2 Å². The van der Waals surface area contributed by atoms with Gasteiger partial charge in [0, 0.05) is 67.6 Å². The summed E-state index contributed by atoms with van der Waals surface area (Å²) in [4.78, 5) is 40.8. The lowest BCUT2D eigenvalue weighted by Crippen LogP contribution is -2.49. The zero-order chi connectivity index (χ0) is 34.0. The zero-order valence-corrected chi connectivity index (χ0v) is 28.6. The summed E-state index contributed by atoms with van der Waals surface area (Å²) >= 11 is 0. The van der Waals surface area contributed by atoms with Crippen molar-refractivity contribution in [3.63, 3.8) is 0 Å². The monoisotopic (exact) mass is 645 g/mol. The number of likely N-dealkylation sites (tertiary alicyclic amines) is 1.